The van der Waals surface area contributed by atoms with Gasteiger partial charge in [0.05, 0.1) is 39.9 Å². The number of amides is 1. The van der Waals surface area contributed by atoms with Gasteiger partial charge >= 0.3 is 7.82 Å². The van der Waals surface area contributed by atoms with Crippen LogP contribution >= 0.6 is 7.82 Å². The summed E-state index contributed by atoms with van der Waals surface area (Å²) >= 11 is 0. The van der Waals surface area contributed by atoms with Gasteiger partial charge in [-0.1, -0.05) is 341 Å². The average molecular weight is 1120 g/mol. The molecule has 0 aromatic heterocycles. The summed E-state index contributed by atoms with van der Waals surface area (Å²) in [7, 11) is 1.64. The van der Waals surface area contributed by atoms with Crippen LogP contribution in [0.25, 0.3) is 0 Å². The van der Waals surface area contributed by atoms with Crippen LogP contribution in [0.3, 0.4) is 0 Å². The number of phosphoric acid groups is 1. The summed E-state index contributed by atoms with van der Waals surface area (Å²) in [6, 6.07) is -0.759. The number of hydrogen-bond donors (Lipinski definition) is 3. The minimum Gasteiger partial charge on any atom is -0.391 e. The molecule has 8 nitrogen and oxygen atoms in total. The quantitative estimate of drug-likeness (QED) is 0.0243. The van der Waals surface area contributed by atoms with Gasteiger partial charge in [0.2, 0.25) is 5.91 Å². The summed E-state index contributed by atoms with van der Waals surface area (Å²) in [5, 5.41) is 14.2. The van der Waals surface area contributed by atoms with Gasteiger partial charge in [-0.3, -0.25) is 13.8 Å². The minimum absolute atomic E-state index is 0.0781. The average Bonchev–Trinajstić information content (AvgIpc) is 3.41. The molecule has 0 heterocycles. The molecule has 0 fully saturated rings. The monoisotopic (exact) mass is 1120 g/mol. The van der Waals surface area contributed by atoms with Crippen LogP contribution in [0.4, 0.5) is 0 Å². The van der Waals surface area contributed by atoms with E-state index in [1.165, 1.54) is 308 Å². The van der Waals surface area contributed by atoms with Crippen LogP contribution in [0, 0.1) is 0 Å². The third kappa shape index (κ3) is 62.8. The normalized spacial score (nSPS) is 13.7. The highest BCUT2D eigenvalue weighted by Gasteiger charge is 2.28. The van der Waals surface area contributed by atoms with Crippen LogP contribution in [0.15, 0.2) is 12.2 Å². The molecule has 3 N–H and O–H groups in total. The Morgan fingerprint density at radius 3 is 0.987 bits per heavy atom. The zero-order valence-electron chi connectivity index (χ0n) is 53.5. The number of allylic oxidation sites excluding steroid dienone is 2. The zero-order valence-corrected chi connectivity index (χ0v) is 54.3. The Kier molecular flexibility index (Phi) is 60.2. The van der Waals surface area contributed by atoms with Crippen molar-refractivity contribution < 1.29 is 32.9 Å². The number of unbranched alkanes of at least 4 members (excludes halogenated alkanes) is 51. The molecule has 0 aliphatic heterocycles. The fraction of sp³-hybridized carbons (Fsp3) is 0.957. The maximum absolute atomic E-state index is 13.1. The molecule has 0 bridgehead atoms. The van der Waals surface area contributed by atoms with E-state index in [0.29, 0.717) is 23.9 Å². The highest BCUT2D eigenvalue weighted by atomic mass is 31.2. The van der Waals surface area contributed by atoms with Crippen molar-refractivity contribution in [3.05, 3.63) is 12.2 Å². The van der Waals surface area contributed by atoms with Crippen LogP contribution in [-0.2, 0) is 18.4 Å². The first-order chi connectivity index (χ1) is 38.0. The smallest absolute Gasteiger partial charge is 0.391 e. The lowest BCUT2D eigenvalue weighted by molar-refractivity contribution is -0.870. The molecule has 1 amide bonds. The van der Waals surface area contributed by atoms with Crippen molar-refractivity contribution in [1.82, 2.24) is 5.32 Å². The highest BCUT2D eigenvalue weighted by molar-refractivity contribution is 7.47. The van der Waals surface area contributed by atoms with Crippen molar-refractivity contribution in [2.45, 2.75) is 386 Å². The summed E-state index contributed by atoms with van der Waals surface area (Å²) in [5.74, 6) is -0.135. The number of hydrogen-bond acceptors (Lipinski definition) is 5. The second kappa shape index (κ2) is 60.8. The molecule has 0 radical (unpaired) electrons. The Balaban J connectivity index is 4.00. The van der Waals surface area contributed by atoms with Crippen molar-refractivity contribution in [3.8, 4) is 0 Å². The summed E-state index contributed by atoms with van der Waals surface area (Å²) in [6.07, 6.45) is 77.4. The maximum atomic E-state index is 13.1. The largest absolute Gasteiger partial charge is 0.472 e. The van der Waals surface area contributed by atoms with Crippen LogP contribution in [0.2, 0.25) is 0 Å². The minimum atomic E-state index is -4.33. The number of likely N-dealkylation sites (N-methyl/N-ethyl adjacent to an activating group) is 1. The van der Waals surface area contributed by atoms with Crippen LogP contribution in [-0.4, -0.2) is 73.4 Å². The van der Waals surface area contributed by atoms with E-state index in [4.69, 9.17) is 9.05 Å². The molecular formula is C69H140N2O6P+. The number of rotatable bonds is 66. The number of aliphatic hydroxyl groups is 1. The van der Waals surface area contributed by atoms with E-state index in [2.05, 4.69) is 31.3 Å². The molecule has 3 atom stereocenters. The van der Waals surface area contributed by atoms with E-state index in [-0.39, 0.29) is 19.1 Å². The van der Waals surface area contributed by atoms with Crippen LogP contribution in [0.5, 0.6) is 0 Å². The van der Waals surface area contributed by atoms with E-state index >= 15 is 0 Å². The number of aliphatic hydroxyl groups excluding tert-OH is 1. The molecule has 0 spiro atoms. The molecule has 0 aliphatic carbocycles. The van der Waals surface area contributed by atoms with Gasteiger partial charge in [-0.15, -0.1) is 0 Å². The Hall–Kier alpha value is -0.760. The lowest BCUT2D eigenvalue weighted by atomic mass is 10.0. The Morgan fingerprint density at radius 1 is 0.423 bits per heavy atom. The van der Waals surface area contributed by atoms with E-state index in [0.717, 1.165) is 38.5 Å². The highest BCUT2D eigenvalue weighted by Crippen LogP contribution is 2.43. The predicted molar refractivity (Wildman–Crippen MR) is 342 cm³/mol. The fourth-order valence-electron chi connectivity index (χ4n) is 11.0. The second-order valence-electron chi connectivity index (χ2n) is 25.6. The number of phosphoric ester groups is 1. The molecule has 3 unspecified atom stereocenters. The molecule has 78 heavy (non-hydrogen) atoms. The predicted octanol–water partition coefficient (Wildman–Crippen LogP) is 22.1. The SMILES string of the molecule is CCCCCCCCCCCCCC/C=C\CCCCCCCCCCCCCCCCCC(=O)NC(COP(=O)(O)OCC[N+](C)(C)C)C(O)CCCCCCCCCCCCCCCCCCCCCCCCCCC. The molecule has 0 aliphatic rings. The lowest BCUT2D eigenvalue weighted by Crippen LogP contribution is -2.46. The van der Waals surface area contributed by atoms with Gasteiger partial charge in [0.15, 0.2) is 0 Å². The summed E-state index contributed by atoms with van der Waals surface area (Å²) in [5.41, 5.74) is 0. The Morgan fingerprint density at radius 2 is 0.692 bits per heavy atom. The molecule has 466 valence electrons. The van der Waals surface area contributed by atoms with E-state index in [1.807, 2.05) is 21.1 Å². The summed E-state index contributed by atoms with van der Waals surface area (Å²) in [4.78, 5) is 23.5. The van der Waals surface area contributed by atoms with E-state index < -0.39 is 20.0 Å². The van der Waals surface area contributed by atoms with Gasteiger partial charge in [-0.25, -0.2) is 4.57 Å². The second-order valence-corrected chi connectivity index (χ2v) is 27.1. The topological polar surface area (TPSA) is 105 Å². The van der Waals surface area contributed by atoms with Gasteiger partial charge < -0.3 is 19.8 Å². The molecule has 0 aromatic carbocycles. The molecule has 0 saturated heterocycles. The summed E-state index contributed by atoms with van der Waals surface area (Å²) < 4.78 is 23.9. The van der Waals surface area contributed by atoms with Crippen molar-refractivity contribution in [2.24, 2.45) is 0 Å². The molecular weight excluding hydrogens is 984 g/mol. The number of nitrogens with zero attached hydrogens (tertiary/aromatic N) is 1. The first-order valence-corrected chi connectivity index (χ1v) is 36.5. The van der Waals surface area contributed by atoms with Gasteiger partial charge in [0.25, 0.3) is 0 Å². The van der Waals surface area contributed by atoms with Crippen molar-refractivity contribution >= 4 is 13.7 Å². The van der Waals surface area contributed by atoms with Gasteiger partial charge in [0.1, 0.15) is 13.2 Å². The number of quaternary nitrogens is 1. The maximum Gasteiger partial charge on any atom is 0.472 e. The van der Waals surface area contributed by atoms with Gasteiger partial charge in [0, 0.05) is 6.42 Å². The van der Waals surface area contributed by atoms with Gasteiger partial charge in [-0.2, -0.15) is 0 Å². The number of carbonyl (C=O) groups excluding carboxylic acids is 1. The number of nitrogens with one attached hydrogen (secondary N) is 1. The van der Waals surface area contributed by atoms with Crippen molar-refractivity contribution in [1.29, 1.82) is 0 Å². The Bertz CT molecular complexity index is 1280. The fourth-order valence-corrected chi connectivity index (χ4v) is 11.8. The van der Waals surface area contributed by atoms with Crippen molar-refractivity contribution in [2.75, 3.05) is 40.9 Å². The van der Waals surface area contributed by atoms with Gasteiger partial charge in [-0.05, 0) is 38.5 Å². The lowest BCUT2D eigenvalue weighted by Gasteiger charge is -2.26. The number of carbonyl (C=O) groups is 1. The van der Waals surface area contributed by atoms with E-state index in [9.17, 15) is 19.4 Å². The molecule has 0 saturated carbocycles. The summed E-state index contributed by atoms with van der Waals surface area (Å²) in [6.45, 7) is 4.96. The molecule has 0 aromatic rings. The van der Waals surface area contributed by atoms with Crippen molar-refractivity contribution in [3.63, 3.8) is 0 Å². The first-order valence-electron chi connectivity index (χ1n) is 35.1. The van der Waals surface area contributed by atoms with Crippen LogP contribution < -0.4 is 5.32 Å². The zero-order chi connectivity index (χ0) is 57.0. The first kappa shape index (κ1) is 77.2. The third-order valence-corrected chi connectivity index (χ3v) is 17.5. The Labute approximate surface area is 488 Å². The van der Waals surface area contributed by atoms with E-state index in [1.54, 1.807) is 0 Å². The molecule has 9 heteroatoms. The molecule has 0 rings (SSSR count). The standard InChI is InChI=1S/C69H139N2O6P/c1-6-8-10-12-14-16-18-20-22-24-26-28-30-32-33-34-35-36-37-39-41-43-45-47-49-51-53-55-57-59-61-63-69(73)70-67(66-77-78(74,75)76-65-64-71(3,4)5)68(72)62-60-58-56-54-52-50-48-46-44-42-40-38-31-29-27-25-23-21-19-17-15-13-11-9-7-2/h32-33,67-68,72H,6-31,34-66H2,1-5H3,(H-,70,73,74,75)/p+1/b33-32-. The van der Waals surface area contributed by atoms with Crippen LogP contribution in [0.1, 0.15) is 373 Å². The third-order valence-electron chi connectivity index (χ3n) is 16.5.